The number of nitrogens with two attached hydrogens (primary N) is 1. The second-order valence-corrected chi connectivity index (χ2v) is 5.61. The largest absolute Gasteiger partial charge is 0.330 e. The molecule has 1 fully saturated rings. The van der Waals surface area contributed by atoms with Crippen LogP contribution >= 0.6 is 0 Å². The lowest BCUT2D eigenvalue weighted by molar-refractivity contribution is -0.131. The maximum atomic E-state index is 13.8. The van der Waals surface area contributed by atoms with Crippen LogP contribution in [0.1, 0.15) is 27.9 Å². The van der Waals surface area contributed by atoms with Crippen LogP contribution in [-0.4, -0.2) is 41.5 Å². The number of amides is 1. The first-order chi connectivity index (χ1) is 10.5. The fraction of sp³-hybridized carbons (Fsp3) is 0.400. The summed E-state index contributed by atoms with van der Waals surface area (Å²) >= 11 is 0. The summed E-state index contributed by atoms with van der Waals surface area (Å²) in [7, 11) is 0. The van der Waals surface area contributed by atoms with Gasteiger partial charge in [0.2, 0.25) is 5.78 Å². The molecule has 2 unspecified atom stereocenters. The molecule has 22 heavy (non-hydrogen) atoms. The van der Waals surface area contributed by atoms with Crippen LogP contribution in [0.2, 0.25) is 0 Å². The Balaban J connectivity index is 1.80. The lowest BCUT2D eigenvalue weighted by Crippen LogP contribution is -2.36. The Kier molecular flexibility index (Phi) is 3.76. The minimum Gasteiger partial charge on any atom is -0.330 e. The van der Waals surface area contributed by atoms with Gasteiger partial charge in [-0.05, 0) is 24.1 Å². The molecule has 116 valence electrons. The van der Waals surface area contributed by atoms with E-state index in [1.165, 1.54) is 6.07 Å². The molecule has 2 aliphatic rings. The molecule has 3 rings (SSSR count). The van der Waals surface area contributed by atoms with E-state index < -0.39 is 17.6 Å². The van der Waals surface area contributed by atoms with Gasteiger partial charge in [-0.15, -0.1) is 0 Å². The number of aldehydes is 1. The number of rotatable bonds is 4. The average molecular weight is 305 g/mol. The summed E-state index contributed by atoms with van der Waals surface area (Å²) in [5.74, 6) is -1.23. The van der Waals surface area contributed by atoms with Crippen LogP contribution in [-0.2, 0) is 22.7 Å². The second-order valence-electron chi connectivity index (χ2n) is 5.61. The molecular weight excluding hydrogens is 289 g/mol. The van der Waals surface area contributed by atoms with Crippen molar-refractivity contribution in [2.75, 3.05) is 6.54 Å². The van der Waals surface area contributed by atoms with Gasteiger partial charge in [-0.2, -0.15) is 0 Å². The van der Waals surface area contributed by atoms with Gasteiger partial charge in [-0.3, -0.25) is 14.4 Å². The highest BCUT2D eigenvalue weighted by molar-refractivity contribution is 6.27. The number of nitrogens with one attached hydrogen (secondary N) is 1. The molecule has 1 aromatic rings. The molecule has 0 spiro atoms. The predicted octanol–water partition coefficient (Wildman–Crippen LogP) is -0.261. The van der Waals surface area contributed by atoms with Gasteiger partial charge >= 0.3 is 0 Å². The number of carbonyl (C=O) groups is 3. The first kappa shape index (κ1) is 14.8. The molecule has 0 aliphatic carbocycles. The van der Waals surface area contributed by atoms with Gasteiger partial charge in [0.25, 0.3) is 5.91 Å². The van der Waals surface area contributed by atoms with Crippen LogP contribution in [0.15, 0.2) is 12.1 Å². The Hall–Kier alpha value is -2.12. The summed E-state index contributed by atoms with van der Waals surface area (Å²) in [5.41, 5.74) is 6.96. The Labute approximate surface area is 126 Å². The van der Waals surface area contributed by atoms with Crippen molar-refractivity contribution in [2.45, 2.75) is 31.6 Å². The normalized spacial score (nSPS) is 23.7. The standard InChI is InChI=1S/C15H16FN3O3/c16-12-3-11-9(1-8(12)4-17)6-19(15(11)22)10-2-13(18-5-10)14(21)7-20/h1,3,7,10,13,18H,2,4-6,17H2. The lowest BCUT2D eigenvalue weighted by Gasteiger charge is -2.22. The van der Waals surface area contributed by atoms with Crippen LogP contribution in [0.3, 0.4) is 0 Å². The van der Waals surface area contributed by atoms with E-state index in [2.05, 4.69) is 5.32 Å². The van der Waals surface area contributed by atoms with Crippen molar-refractivity contribution >= 4 is 18.0 Å². The molecule has 1 amide bonds. The van der Waals surface area contributed by atoms with Gasteiger partial charge in [0.15, 0.2) is 6.29 Å². The molecule has 1 saturated heterocycles. The molecule has 1 aromatic carbocycles. The van der Waals surface area contributed by atoms with Crippen molar-refractivity contribution in [3.63, 3.8) is 0 Å². The third-order valence-corrected chi connectivity index (χ3v) is 4.33. The van der Waals surface area contributed by atoms with E-state index in [-0.39, 0.29) is 18.5 Å². The second kappa shape index (κ2) is 5.58. The third kappa shape index (κ3) is 2.32. The molecule has 0 bridgehead atoms. The maximum Gasteiger partial charge on any atom is 0.254 e. The summed E-state index contributed by atoms with van der Waals surface area (Å²) < 4.78 is 13.8. The smallest absolute Gasteiger partial charge is 0.254 e. The van der Waals surface area contributed by atoms with E-state index in [4.69, 9.17) is 5.73 Å². The summed E-state index contributed by atoms with van der Waals surface area (Å²) in [6.07, 6.45) is 0.688. The van der Waals surface area contributed by atoms with Crippen LogP contribution < -0.4 is 11.1 Å². The van der Waals surface area contributed by atoms with Crippen molar-refractivity contribution in [3.05, 3.63) is 34.6 Å². The lowest BCUT2D eigenvalue weighted by atomic mass is 10.1. The van der Waals surface area contributed by atoms with E-state index in [0.29, 0.717) is 36.9 Å². The van der Waals surface area contributed by atoms with Crippen molar-refractivity contribution < 1.29 is 18.8 Å². The third-order valence-electron chi connectivity index (χ3n) is 4.33. The quantitative estimate of drug-likeness (QED) is 0.590. The van der Waals surface area contributed by atoms with E-state index in [9.17, 15) is 18.8 Å². The first-order valence-electron chi connectivity index (χ1n) is 7.10. The molecule has 2 heterocycles. The number of Topliss-reactive ketones (excluding diaryl/α,β-unsaturated/α-hetero) is 1. The number of ketones is 1. The Morgan fingerprint density at radius 3 is 2.95 bits per heavy atom. The highest BCUT2D eigenvalue weighted by Crippen LogP contribution is 2.29. The van der Waals surface area contributed by atoms with E-state index in [0.717, 1.165) is 5.56 Å². The van der Waals surface area contributed by atoms with Crippen LogP contribution in [0.4, 0.5) is 4.39 Å². The van der Waals surface area contributed by atoms with Gasteiger partial charge in [0, 0.05) is 36.8 Å². The van der Waals surface area contributed by atoms with Gasteiger partial charge in [-0.25, -0.2) is 4.39 Å². The Bertz CT molecular complexity index is 662. The van der Waals surface area contributed by atoms with Gasteiger partial charge < -0.3 is 16.0 Å². The summed E-state index contributed by atoms with van der Waals surface area (Å²) in [6, 6.07) is 2.13. The summed E-state index contributed by atoms with van der Waals surface area (Å²) in [6.45, 7) is 0.889. The number of halogens is 1. The van der Waals surface area contributed by atoms with Gasteiger partial charge in [0.1, 0.15) is 5.82 Å². The topological polar surface area (TPSA) is 92.5 Å². The zero-order valence-electron chi connectivity index (χ0n) is 11.8. The molecular formula is C15H16FN3O3. The molecule has 3 N–H and O–H groups in total. The van der Waals surface area contributed by atoms with E-state index in [1.54, 1.807) is 11.0 Å². The molecule has 0 radical (unpaired) electrons. The highest BCUT2D eigenvalue weighted by Gasteiger charge is 2.39. The summed E-state index contributed by atoms with van der Waals surface area (Å²) in [5, 5.41) is 2.95. The van der Waals surface area contributed by atoms with E-state index in [1.807, 2.05) is 0 Å². The van der Waals surface area contributed by atoms with E-state index >= 15 is 0 Å². The number of carbonyl (C=O) groups excluding carboxylic acids is 3. The number of fused-ring (bicyclic) bond motifs is 1. The summed E-state index contributed by atoms with van der Waals surface area (Å²) in [4.78, 5) is 36.0. The van der Waals surface area contributed by atoms with Crippen molar-refractivity contribution in [1.82, 2.24) is 10.2 Å². The molecule has 2 atom stereocenters. The number of hydrogen-bond donors (Lipinski definition) is 2. The average Bonchev–Trinajstić information content (AvgIpc) is 3.11. The Morgan fingerprint density at radius 2 is 2.27 bits per heavy atom. The molecule has 2 aliphatic heterocycles. The number of hydrogen-bond acceptors (Lipinski definition) is 5. The van der Waals surface area contributed by atoms with Crippen LogP contribution in [0.5, 0.6) is 0 Å². The van der Waals surface area contributed by atoms with Crippen LogP contribution in [0.25, 0.3) is 0 Å². The number of nitrogens with zero attached hydrogens (tertiary/aromatic N) is 1. The fourth-order valence-corrected chi connectivity index (χ4v) is 3.11. The van der Waals surface area contributed by atoms with Crippen molar-refractivity contribution in [1.29, 1.82) is 0 Å². The Morgan fingerprint density at radius 1 is 1.50 bits per heavy atom. The molecule has 0 aromatic heterocycles. The minimum atomic E-state index is -0.546. The van der Waals surface area contributed by atoms with Gasteiger partial charge in [-0.1, -0.05) is 0 Å². The van der Waals surface area contributed by atoms with Crippen molar-refractivity contribution in [3.8, 4) is 0 Å². The zero-order chi connectivity index (χ0) is 15.9. The monoisotopic (exact) mass is 305 g/mol. The molecule has 7 heteroatoms. The molecule has 0 saturated carbocycles. The first-order valence-corrected chi connectivity index (χ1v) is 7.10. The van der Waals surface area contributed by atoms with Crippen molar-refractivity contribution in [2.24, 2.45) is 5.73 Å². The van der Waals surface area contributed by atoms with Crippen LogP contribution in [0, 0.1) is 5.82 Å². The SMILES string of the molecule is NCc1cc2c(cc1F)C(=O)N(C1CNC(C(=O)C=O)C1)C2. The predicted molar refractivity (Wildman–Crippen MR) is 75.4 cm³/mol. The molecule has 6 nitrogen and oxygen atoms in total. The highest BCUT2D eigenvalue weighted by atomic mass is 19.1. The number of benzene rings is 1. The fourth-order valence-electron chi connectivity index (χ4n) is 3.11. The van der Waals surface area contributed by atoms with Gasteiger partial charge in [0.05, 0.1) is 6.04 Å². The zero-order valence-corrected chi connectivity index (χ0v) is 11.8. The minimum absolute atomic E-state index is 0.0776. The maximum absolute atomic E-state index is 13.8.